The van der Waals surface area contributed by atoms with Gasteiger partial charge < -0.3 is 5.32 Å². The molecule has 3 rings (SSSR count). The Bertz CT molecular complexity index is 774. The van der Waals surface area contributed by atoms with E-state index in [-0.39, 0.29) is 6.04 Å². The molecule has 0 aliphatic rings. The maximum absolute atomic E-state index is 6.46. The lowest BCUT2D eigenvalue weighted by Crippen LogP contribution is -2.18. The fourth-order valence-electron chi connectivity index (χ4n) is 2.85. The molecule has 21 heavy (non-hydrogen) atoms. The van der Waals surface area contributed by atoms with E-state index in [9.17, 15) is 0 Å². The van der Waals surface area contributed by atoms with Crippen LogP contribution in [0.5, 0.6) is 0 Å². The zero-order valence-corrected chi connectivity index (χ0v) is 13.0. The van der Waals surface area contributed by atoms with E-state index in [1.165, 1.54) is 21.9 Å². The van der Waals surface area contributed by atoms with Gasteiger partial charge in [-0.3, -0.25) is 0 Å². The average molecular weight is 296 g/mol. The van der Waals surface area contributed by atoms with Crippen LogP contribution in [0.1, 0.15) is 22.7 Å². The average Bonchev–Trinajstić information content (AvgIpc) is 2.50. The molecule has 0 bridgehead atoms. The maximum Gasteiger partial charge on any atom is 0.0595 e. The lowest BCUT2D eigenvalue weighted by atomic mass is 9.93. The van der Waals surface area contributed by atoms with Crippen LogP contribution in [0.3, 0.4) is 0 Å². The van der Waals surface area contributed by atoms with E-state index in [0.717, 1.165) is 10.6 Å². The lowest BCUT2D eigenvalue weighted by molar-refractivity contribution is 0.697. The molecule has 106 valence electrons. The SMILES string of the molecule is CNC(c1ccc(C)cc1Cl)c1cccc2ccccc12. The quantitative estimate of drug-likeness (QED) is 0.708. The van der Waals surface area contributed by atoms with E-state index in [0.29, 0.717) is 0 Å². The Kier molecular flexibility index (Phi) is 3.96. The molecular weight excluding hydrogens is 278 g/mol. The van der Waals surface area contributed by atoms with E-state index < -0.39 is 0 Å². The van der Waals surface area contributed by atoms with Crippen LogP contribution in [-0.2, 0) is 0 Å². The molecule has 0 aromatic heterocycles. The fourth-order valence-corrected chi connectivity index (χ4v) is 3.19. The Labute approximate surface area is 130 Å². The summed E-state index contributed by atoms with van der Waals surface area (Å²) in [4.78, 5) is 0. The highest BCUT2D eigenvalue weighted by atomic mass is 35.5. The summed E-state index contributed by atoms with van der Waals surface area (Å²) in [5.41, 5.74) is 3.54. The Morgan fingerprint density at radius 3 is 2.43 bits per heavy atom. The van der Waals surface area contributed by atoms with E-state index in [1.807, 2.05) is 13.1 Å². The second kappa shape index (κ2) is 5.88. The van der Waals surface area contributed by atoms with Crippen molar-refractivity contribution in [2.24, 2.45) is 0 Å². The minimum Gasteiger partial charge on any atom is -0.309 e. The van der Waals surface area contributed by atoms with Gasteiger partial charge in [-0.2, -0.15) is 0 Å². The normalized spacial score (nSPS) is 12.5. The van der Waals surface area contributed by atoms with E-state index in [2.05, 4.69) is 66.8 Å². The molecule has 3 aromatic carbocycles. The van der Waals surface area contributed by atoms with Gasteiger partial charge in [0.2, 0.25) is 0 Å². The Morgan fingerprint density at radius 2 is 1.67 bits per heavy atom. The topological polar surface area (TPSA) is 12.0 Å². The number of halogens is 1. The van der Waals surface area contributed by atoms with Crippen molar-refractivity contribution >= 4 is 22.4 Å². The van der Waals surface area contributed by atoms with Gasteiger partial charge in [0.25, 0.3) is 0 Å². The summed E-state index contributed by atoms with van der Waals surface area (Å²) in [6, 6.07) is 21.2. The summed E-state index contributed by atoms with van der Waals surface area (Å²) >= 11 is 6.46. The molecule has 0 aliphatic heterocycles. The van der Waals surface area contributed by atoms with Crippen LogP contribution in [0, 0.1) is 6.92 Å². The monoisotopic (exact) mass is 295 g/mol. The van der Waals surface area contributed by atoms with Crippen molar-refractivity contribution < 1.29 is 0 Å². The molecule has 0 heterocycles. The molecule has 0 saturated carbocycles. The highest BCUT2D eigenvalue weighted by Gasteiger charge is 2.17. The molecule has 1 nitrogen and oxygen atoms in total. The summed E-state index contributed by atoms with van der Waals surface area (Å²) in [7, 11) is 1.97. The molecule has 0 spiro atoms. The predicted octanol–water partition coefficient (Wildman–Crippen LogP) is 5.11. The van der Waals surface area contributed by atoms with Gasteiger partial charge in [0.05, 0.1) is 6.04 Å². The van der Waals surface area contributed by atoms with Gasteiger partial charge in [0.1, 0.15) is 0 Å². The van der Waals surface area contributed by atoms with E-state index in [1.54, 1.807) is 0 Å². The Hall–Kier alpha value is -1.83. The molecule has 0 fully saturated rings. The summed E-state index contributed by atoms with van der Waals surface area (Å²) in [6.45, 7) is 2.06. The van der Waals surface area contributed by atoms with Crippen LogP contribution in [0.15, 0.2) is 60.7 Å². The van der Waals surface area contributed by atoms with Crippen LogP contribution in [0.25, 0.3) is 10.8 Å². The number of nitrogens with one attached hydrogen (secondary N) is 1. The molecule has 0 aliphatic carbocycles. The number of rotatable bonds is 3. The number of hydrogen-bond acceptors (Lipinski definition) is 1. The van der Waals surface area contributed by atoms with E-state index >= 15 is 0 Å². The van der Waals surface area contributed by atoms with Gasteiger partial charge in [-0.15, -0.1) is 0 Å². The number of benzene rings is 3. The van der Waals surface area contributed by atoms with Crippen LogP contribution in [0.2, 0.25) is 5.02 Å². The third-order valence-electron chi connectivity index (χ3n) is 3.89. The molecule has 0 radical (unpaired) electrons. The first kappa shape index (κ1) is 14.1. The van der Waals surface area contributed by atoms with Crippen molar-refractivity contribution in [3.8, 4) is 0 Å². The zero-order chi connectivity index (χ0) is 14.8. The number of hydrogen-bond donors (Lipinski definition) is 1. The molecular formula is C19H18ClN. The van der Waals surface area contributed by atoms with Gasteiger partial charge >= 0.3 is 0 Å². The minimum atomic E-state index is 0.0872. The van der Waals surface area contributed by atoms with Crippen molar-refractivity contribution in [1.29, 1.82) is 0 Å². The van der Waals surface area contributed by atoms with Gasteiger partial charge in [-0.25, -0.2) is 0 Å². The lowest BCUT2D eigenvalue weighted by Gasteiger charge is -2.20. The number of fused-ring (bicyclic) bond motifs is 1. The molecule has 2 heteroatoms. The largest absolute Gasteiger partial charge is 0.309 e. The van der Waals surface area contributed by atoms with Gasteiger partial charge in [0.15, 0.2) is 0 Å². The van der Waals surface area contributed by atoms with Gasteiger partial charge in [-0.1, -0.05) is 66.2 Å². The summed E-state index contributed by atoms with van der Waals surface area (Å²) < 4.78 is 0. The van der Waals surface area contributed by atoms with Crippen LogP contribution in [0.4, 0.5) is 0 Å². The second-order valence-corrected chi connectivity index (χ2v) is 5.72. The second-order valence-electron chi connectivity index (χ2n) is 5.32. The van der Waals surface area contributed by atoms with Crippen LogP contribution >= 0.6 is 11.6 Å². The predicted molar refractivity (Wildman–Crippen MR) is 91.0 cm³/mol. The minimum absolute atomic E-state index is 0.0872. The Balaban J connectivity index is 2.18. The molecule has 0 amide bonds. The fraction of sp³-hybridized carbons (Fsp3) is 0.158. The maximum atomic E-state index is 6.46. The molecule has 3 aromatic rings. The summed E-state index contributed by atoms with van der Waals surface area (Å²) in [6.07, 6.45) is 0. The first-order valence-corrected chi connectivity index (χ1v) is 7.49. The highest BCUT2D eigenvalue weighted by molar-refractivity contribution is 6.31. The standard InChI is InChI=1S/C19H18ClN/c1-13-10-11-17(18(20)12-13)19(21-2)16-9-5-7-14-6-3-4-8-15(14)16/h3-12,19,21H,1-2H3. The van der Waals surface area contributed by atoms with E-state index in [4.69, 9.17) is 11.6 Å². The highest BCUT2D eigenvalue weighted by Crippen LogP contribution is 2.32. The molecule has 1 unspecified atom stereocenters. The van der Waals surface area contributed by atoms with Crippen molar-refractivity contribution in [1.82, 2.24) is 5.32 Å². The molecule has 1 N–H and O–H groups in total. The van der Waals surface area contributed by atoms with Crippen LogP contribution in [-0.4, -0.2) is 7.05 Å². The smallest absolute Gasteiger partial charge is 0.0595 e. The zero-order valence-electron chi connectivity index (χ0n) is 12.2. The van der Waals surface area contributed by atoms with Gasteiger partial charge in [0, 0.05) is 5.02 Å². The number of aryl methyl sites for hydroxylation is 1. The first-order valence-electron chi connectivity index (χ1n) is 7.11. The van der Waals surface area contributed by atoms with Crippen molar-refractivity contribution in [3.63, 3.8) is 0 Å². The third kappa shape index (κ3) is 2.67. The molecule has 1 atom stereocenters. The Morgan fingerprint density at radius 1 is 0.905 bits per heavy atom. The van der Waals surface area contributed by atoms with Crippen molar-refractivity contribution in [2.45, 2.75) is 13.0 Å². The summed E-state index contributed by atoms with van der Waals surface area (Å²) in [5, 5.41) is 6.72. The first-order chi connectivity index (χ1) is 10.2. The van der Waals surface area contributed by atoms with Crippen LogP contribution < -0.4 is 5.32 Å². The summed E-state index contributed by atoms with van der Waals surface area (Å²) in [5.74, 6) is 0. The molecule has 0 saturated heterocycles. The third-order valence-corrected chi connectivity index (χ3v) is 4.22. The van der Waals surface area contributed by atoms with Crippen molar-refractivity contribution in [3.05, 3.63) is 82.4 Å². The van der Waals surface area contributed by atoms with Gasteiger partial charge in [-0.05, 0) is 47.5 Å². The van der Waals surface area contributed by atoms with Crippen molar-refractivity contribution in [2.75, 3.05) is 7.05 Å².